The zero-order valence-electron chi connectivity index (χ0n) is 11.4. The van der Waals surface area contributed by atoms with Crippen molar-refractivity contribution in [3.05, 3.63) is 23.9 Å². The lowest BCUT2D eigenvalue weighted by Crippen LogP contribution is -2.41. The summed E-state index contributed by atoms with van der Waals surface area (Å²) in [6.45, 7) is 3.12. The standard InChI is InChI=1S/C15H23N3/c1-11-4-3-5-15(17-11)16-10-12-8-13-6-7-14(9-12)18(13)2/h3-5,12-14H,6-10H2,1-2H3,(H,16,17). The number of anilines is 1. The summed E-state index contributed by atoms with van der Waals surface area (Å²) >= 11 is 0. The zero-order valence-corrected chi connectivity index (χ0v) is 11.4. The SMILES string of the molecule is Cc1cccc(NCC2CC3CCC(C2)N3C)n1. The highest BCUT2D eigenvalue weighted by Crippen LogP contribution is 2.37. The zero-order chi connectivity index (χ0) is 12.5. The lowest BCUT2D eigenvalue weighted by molar-refractivity contribution is 0.139. The van der Waals surface area contributed by atoms with E-state index in [1.165, 1.54) is 25.7 Å². The van der Waals surface area contributed by atoms with Crippen LogP contribution in [0.5, 0.6) is 0 Å². The minimum Gasteiger partial charge on any atom is -0.370 e. The fourth-order valence-electron chi connectivity index (χ4n) is 3.58. The molecule has 0 aromatic carbocycles. The van der Waals surface area contributed by atoms with Crippen LogP contribution < -0.4 is 5.32 Å². The van der Waals surface area contributed by atoms with Crippen molar-refractivity contribution in [1.29, 1.82) is 0 Å². The summed E-state index contributed by atoms with van der Waals surface area (Å²) in [5.74, 6) is 1.85. The van der Waals surface area contributed by atoms with E-state index >= 15 is 0 Å². The first kappa shape index (κ1) is 12.0. The molecule has 1 aromatic rings. The van der Waals surface area contributed by atoms with Crippen LogP contribution in [-0.4, -0.2) is 35.6 Å². The van der Waals surface area contributed by atoms with Gasteiger partial charge in [0.15, 0.2) is 0 Å². The third-order valence-electron chi connectivity index (χ3n) is 4.66. The van der Waals surface area contributed by atoms with Crippen LogP contribution in [0, 0.1) is 12.8 Å². The molecule has 2 bridgehead atoms. The van der Waals surface area contributed by atoms with Gasteiger partial charge in [0.05, 0.1) is 0 Å². The van der Waals surface area contributed by atoms with E-state index in [1.807, 2.05) is 13.0 Å². The maximum atomic E-state index is 4.50. The lowest BCUT2D eigenvalue weighted by Gasteiger charge is -2.36. The molecule has 98 valence electrons. The number of nitrogens with one attached hydrogen (secondary N) is 1. The Bertz CT molecular complexity index is 404. The summed E-state index contributed by atoms with van der Waals surface area (Å²) in [6.07, 6.45) is 5.51. The molecule has 2 fully saturated rings. The van der Waals surface area contributed by atoms with Gasteiger partial charge in [-0.05, 0) is 57.7 Å². The van der Waals surface area contributed by atoms with E-state index in [0.29, 0.717) is 0 Å². The van der Waals surface area contributed by atoms with Gasteiger partial charge in [0.25, 0.3) is 0 Å². The van der Waals surface area contributed by atoms with Crippen LogP contribution in [0.2, 0.25) is 0 Å². The van der Waals surface area contributed by atoms with Crippen LogP contribution >= 0.6 is 0 Å². The molecule has 2 atom stereocenters. The number of hydrogen-bond donors (Lipinski definition) is 1. The normalized spacial score (nSPS) is 31.6. The van der Waals surface area contributed by atoms with Crippen molar-refractivity contribution < 1.29 is 0 Å². The molecule has 0 saturated carbocycles. The van der Waals surface area contributed by atoms with E-state index in [9.17, 15) is 0 Å². The number of nitrogens with zero attached hydrogens (tertiary/aromatic N) is 2. The number of aryl methyl sites for hydroxylation is 1. The van der Waals surface area contributed by atoms with E-state index in [0.717, 1.165) is 36.1 Å². The minimum absolute atomic E-state index is 0.820. The number of pyridine rings is 1. The van der Waals surface area contributed by atoms with Crippen LogP contribution in [0.15, 0.2) is 18.2 Å². The Hall–Kier alpha value is -1.09. The number of rotatable bonds is 3. The van der Waals surface area contributed by atoms with Crippen molar-refractivity contribution in [2.45, 2.75) is 44.7 Å². The van der Waals surface area contributed by atoms with Gasteiger partial charge in [0, 0.05) is 24.3 Å². The second-order valence-corrected chi connectivity index (χ2v) is 5.93. The molecule has 1 aromatic heterocycles. The summed E-state index contributed by atoms with van der Waals surface area (Å²) in [6, 6.07) is 7.85. The van der Waals surface area contributed by atoms with E-state index < -0.39 is 0 Å². The van der Waals surface area contributed by atoms with E-state index in [1.54, 1.807) is 0 Å². The minimum atomic E-state index is 0.820. The largest absolute Gasteiger partial charge is 0.370 e. The van der Waals surface area contributed by atoms with Crippen LogP contribution in [0.4, 0.5) is 5.82 Å². The van der Waals surface area contributed by atoms with Crippen LogP contribution in [0.25, 0.3) is 0 Å². The fraction of sp³-hybridized carbons (Fsp3) is 0.667. The number of piperidine rings is 1. The fourth-order valence-corrected chi connectivity index (χ4v) is 3.58. The van der Waals surface area contributed by atoms with E-state index in [-0.39, 0.29) is 0 Å². The Morgan fingerprint density at radius 2 is 2.00 bits per heavy atom. The maximum Gasteiger partial charge on any atom is 0.126 e. The van der Waals surface area contributed by atoms with Gasteiger partial charge in [-0.3, -0.25) is 0 Å². The molecule has 2 aliphatic heterocycles. The highest BCUT2D eigenvalue weighted by molar-refractivity contribution is 5.35. The summed E-state index contributed by atoms with van der Waals surface area (Å²) in [7, 11) is 2.30. The lowest BCUT2D eigenvalue weighted by atomic mass is 9.91. The summed E-state index contributed by atoms with van der Waals surface area (Å²) in [5.41, 5.74) is 1.09. The smallest absolute Gasteiger partial charge is 0.126 e. The topological polar surface area (TPSA) is 28.2 Å². The number of hydrogen-bond acceptors (Lipinski definition) is 3. The Morgan fingerprint density at radius 3 is 2.67 bits per heavy atom. The number of aromatic nitrogens is 1. The molecule has 2 saturated heterocycles. The molecule has 0 radical (unpaired) electrons. The third-order valence-corrected chi connectivity index (χ3v) is 4.66. The Balaban J connectivity index is 1.55. The van der Waals surface area contributed by atoms with E-state index in [2.05, 4.69) is 34.4 Å². The van der Waals surface area contributed by atoms with Gasteiger partial charge in [-0.25, -0.2) is 4.98 Å². The van der Waals surface area contributed by atoms with E-state index in [4.69, 9.17) is 0 Å². The van der Waals surface area contributed by atoms with Gasteiger partial charge in [-0.1, -0.05) is 6.07 Å². The van der Waals surface area contributed by atoms with Gasteiger partial charge in [0.2, 0.25) is 0 Å². The van der Waals surface area contributed by atoms with Gasteiger partial charge in [-0.15, -0.1) is 0 Å². The Kier molecular flexibility index (Phi) is 3.25. The van der Waals surface area contributed by atoms with Crippen LogP contribution in [-0.2, 0) is 0 Å². The molecule has 2 unspecified atom stereocenters. The molecular weight excluding hydrogens is 222 g/mol. The molecule has 3 heteroatoms. The average molecular weight is 245 g/mol. The number of fused-ring (bicyclic) bond motifs is 2. The average Bonchev–Trinajstić information content (AvgIpc) is 2.60. The first-order chi connectivity index (χ1) is 8.72. The van der Waals surface area contributed by atoms with Gasteiger partial charge < -0.3 is 10.2 Å². The molecule has 2 aliphatic rings. The molecule has 3 nitrogen and oxygen atoms in total. The quantitative estimate of drug-likeness (QED) is 0.887. The van der Waals surface area contributed by atoms with Crippen LogP contribution in [0.3, 0.4) is 0 Å². The second kappa shape index (κ2) is 4.88. The molecule has 3 rings (SSSR count). The van der Waals surface area contributed by atoms with Crippen molar-refractivity contribution in [2.75, 3.05) is 18.9 Å². The Morgan fingerprint density at radius 1 is 1.28 bits per heavy atom. The first-order valence-corrected chi connectivity index (χ1v) is 7.12. The summed E-state index contributed by atoms with van der Waals surface area (Å²) < 4.78 is 0. The van der Waals surface area contributed by atoms with Crippen molar-refractivity contribution >= 4 is 5.82 Å². The Labute approximate surface area is 110 Å². The predicted octanol–water partition coefficient (Wildman–Crippen LogP) is 2.67. The van der Waals surface area contributed by atoms with Crippen molar-refractivity contribution in [1.82, 2.24) is 9.88 Å². The van der Waals surface area contributed by atoms with Crippen molar-refractivity contribution in [2.24, 2.45) is 5.92 Å². The summed E-state index contributed by atoms with van der Waals surface area (Å²) in [4.78, 5) is 7.10. The molecule has 0 aliphatic carbocycles. The van der Waals surface area contributed by atoms with Crippen molar-refractivity contribution in [3.8, 4) is 0 Å². The second-order valence-electron chi connectivity index (χ2n) is 5.93. The monoisotopic (exact) mass is 245 g/mol. The highest BCUT2D eigenvalue weighted by Gasteiger charge is 2.38. The predicted molar refractivity (Wildman–Crippen MR) is 74.8 cm³/mol. The van der Waals surface area contributed by atoms with Crippen molar-refractivity contribution in [3.63, 3.8) is 0 Å². The van der Waals surface area contributed by atoms with Gasteiger partial charge >= 0.3 is 0 Å². The first-order valence-electron chi connectivity index (χ1n) is 7.12. The summed E-state index contributed by atoms with van der Waals surface area (Å²) in [5, 5.41) is 3.51. The molecule has 1 N–H and O–H groups in total. The maximum absolute atomic E-state index is 4.50. The van der Waals surface area contributed by atoms with Gasteiger partial charge in [-0.2, -0.15) is 0 Å². The molecule has 18 heavy (non-hydrogen) atoms. The molecular formula is C15H23N3. The van der Waals surface area contributed by atoms with Crippen LogP contribution in [0.1, 0.15) is 31.4 Å². The molecule has 0 amide bonds. The molecule has 0 spiro atoms. The van der Waals surface area contributed by atoms with Gasteiger partial charge in [0.1, 0.15) is 5.82 Å². The molecule has 3 heterocycles. The highest BCUT2D eigenvalue weighted by atomic mass is 15.2. The third kappa shape index (κ3) is 2.37.